The molecule has 0 aromatic heterocycles. The second-order valence-corrected chi connectivity index (χ2v) is 5.91. The van der Waals surface area contributed by atoms with Crippen molar-refractivity contribution in [3.63, 3.8) is 0 Å². The Morgan fingerprint density at radius 3 is 2.30 bits per heavy atom. The molecule has 0 aliphatic heterocycles. The highest BCUT2D eigenvalue weighted by atomic mass is 32.2. The van der Waals surface area contributed by atoms with Gasteiger partial charge >= 0.3 is 0 Å². The van der Waals surface area contributed by atoms with Crippen molar-refractivity contribution in [2.24, 2.45) is 0 Å². The first-order chi connectivity index (χ1) is 9.29. The van der Waals surface area contributed by atoms with E-state index >= 15 is 0 Å². The van der Waals surface area contributed by atoms with Gasteiger partial charge in [-0.25, -0.2) is 17.2 Å². The number of hydrogen-bond acceptors (Lipinski definition) is 3. The third-order valence-electron chi connectivity index (χ3n) is 2.77. The van der Waals surface area contributed by atoms with Crippen LogP contribution < -0.4 is 10.5 Å². The third kappa shape index (κ3) is 2.88. The van der Waals surface area contributed by atoms with Crippen LogP contribution in [0, 0.1) is 18.6 Å². The van der Waals surface area contributed by atoms with Crippen molar-refractivity contribution in [3.05, 3.63) is 53.6 Å². The Bertz CT molecular complexity index is 741. The third-order valence-corrected chi connectivity index (χ3v) is 4.11. The smallest absolute Gasteiger partial charge is 0.262 e. The Morgan fingerprint density at radius 2 is 1.70 bits per heavy atom. The molecule has 0 bridgehead atoms. The van der Waals surface area contributed by atoms with Crippen LogP contribution in [0.4, 0.5) is 20.2 Å². The summed E-state index contributed by atoms with van der Waals surface area (Å²) in [5.74, 6) is -1.93. The number of anilines is 2. The van der Waals surface area contributed by atoms with Crippen molar-refractivity contribution < 1.29 is 17.2 Å². The summed E-state index contributed by atoms with van der Waals surface area (Å²) in [6, 6.07) is 6.80. The molecule has 0 heterocycles. The van der Waals surface area contributed by atoms with Crippen LogP contribution in [0.1, 0.15) is 5.56 Å². The molecule has 2 rings (SSSR count). The molecule has 0 fully saturated rings. The van der Waals surface area contributed by atoms with Crippen LogP contribution in [-0.4, -0.2) is 8.42 Å². The Kier molecular flexibility index (Phi) is 3.63. The topological polar surface area (TPSA) is 72.2 Å². The number of sulfonamides is 1. The predicted molar refractivity (Wildman–Crippen MR) is 72.8 cm³/mol. The quantitative estimate of drug-likeness (QED) is 0.856. The lowest BCUT2D eigenvalue weighted by Gasteiger charge is -2.12. The summed E-state index contributed by atoms with van der Waals surface area (Å²) in [5.41, 5.74) is 6.88. The minimum absolute atomic E-state index is 0.259. The molecular formula is C13H12F2N2O2S. The van der Waals surface area contributed by atoms with Gasteiger partial charge in [0.2, 0.25) is 0 Å². The molecule has 0 saturated carbocycles. The molecule has 4 nitrogen and oxygen atoms in total. The van der Waals surface area contributed by atoms with Crippen molar-refractivity contribution >= 4 is 21.4 Å². The molecule has 2 aromatic rings. The summed E-state index contributed by atoms with van der Waals surface area (Å²) in [6.45, 7) is 1.64. The molecule has 0 aliphatic carbocycles. The van der Waals surface area contributed by atoms with E-state index in [4.69, 9.17) is 5.73 Å². The second-order valence-electron chi connectivity index (χ2n) is 4.23. The number of nitrogens with one attached hydrogen (secondary N) is 1. The number of nitrogens with two attached hydrogens (primary N) is 1. The van der Waals surface area contributed by atoms with E-state index in [9.17, 15) is 17.2 Å². The van der Waals surface area contributed by atoms with Crippen LogP contribution in [0.3, 0.4) is 0 Å². The Balaban J connectivity index is 2.43. The Morgan fingerprint density at radius 1 is 1.10 bits per heavy atom. The van der Waals surface area contributed by atoms with Crippen molar-refractivity contribution in [1.29, 1.82) is 0 Å². The van der Waals surface area contributed by atoms with Gasteiger partial charge in [0.15, 0.2) is 0 Å². The zero-order chi connectivity index (χ0) is 14.9. The van der Waals surface area contributed by atoms with Crippen molar-refractivity contribution in [2.45, 2.75) is 11.8 Å². The van der Waals surface area contributed by atoms with E-state index in [0.29, 0.717) is 17.3 Å². The number of halogens is 2. The lowest BCUT2D eigenvalue weighted by Crippen LogP contribution is -2.14. The summed E-state index contributed by atoms with van der Waals surface area (Å²) in [5, 5.41) is 0. The first kappa shape index (κ1) is 14.3. The van der Waals surface area contributed by atoms with Crippen LogP contribution in [0.25, 0.3) is 0 Å². The molecule has 0 atom stereocenters. The van der Waals surface area contributed by atoms with E-state index in [2.05, 4.69) is 4.72 Å². The Hall–Kier alpha value is -2.15. The summed E-state index contributed by atoms with van der Waals surface area (Å²) in [4.78, 5) is -0.489. The molecule has 0 spiro atoms. The van der Waals surface area contributed by atoms with E-state index in [1.54, 1.807) is 19.1 Å². The van der Waals surface area contributed by atoms with E-state index in [-0.39, 0.29) is 5.69 Å². The molecule has 0 radical (unpaired) electrons. The van der Waals surface area contributed by atoms with Gasteiger partial charge in [-0.1, -0.05) is 6.07 Å². The van der Waals surface area contributed by atoms with Crippen LogP contribution in [0.2, 0.25) is 0 Å². The van der Waals surface area contributed by atoms with Crippen molar-refractivity contribution in [3.8, 4) is 0 Å². The summed E-state index contributed by atoms with van der Waals surface area (Å²) in [6.07, 6.45) is 0. The molecule has 0 saturated heterocycles. The maximum absolute atomic E-state index is 13.1. The summed E-state index contributed by atoms with van der Waals surface area (Å²) >= 11 is 0. The fourth-order valence-electron chi connectivity index (χ4n) is 1.65. The number of rotatable bonds is 3. The van der Waals surface area contributed by atoms with E-state index in [0.717, 1.165) is 12.1 Å². The molecule has 0 unspecified atom stereocenters. The molecule has 7 heteroatoms. The first-order valence-electron chi connectivity index (χ1n) is 5.63. The molecule has 3 N–H and O–H groups in total. The van der Waals surface area contributed by atoms with E-state index in [1.165, 1.54) is 6.07 Å². The number of nitrogen functional groups attached to an aromatic ring is 1. The maximum Gasteiger partial charge on any atom is 0.262 e. The zero-order valence-electron chi connectivity index (χ0n) is 10.5. The van der Waals surface area contributed by atoms with Crippen molar-refractivity contribution in [2.75, 3.05) is 10.5 Å². The van der Waals surface area contributed by atoms with Gasteiger partial charge in [0.25, 0.3) is 10.0 Å². The van der Waals surface area contributed by atoms with E-state index < -0.39 is 26.6 Å². The monoisotopic (exact) mass is 298 g/mol. The molecule has 0 aliphatic rings. The highest BCUT2D eigenvalue weighted by Crippen LogP contribution is 2.24. The van der Waals surface area contributed by atoms with Gasteiger partial charge in [0, 0.05) is 11.8 Å². The van der Waals surface area contributed by atoms with Gasteiger partial charge in [-0.05, 0) is 36.8 Å². The standard InChI is InChI=1S/C13H12F2N2O2S/c1-8-12(16)3-2-4-13(8)17-20(18,19)11-6-9(14)5-10(15)7-11/h2-7,17H,16H2,1H3. The molecule has 2 aromatic carbocycles. The van der Waals surface area contributed by atoms with Gasteiger partial charge in [-0.3, -0.25) is 4.72 Å². The maximum atomic E-state index is 13.1. The molecular weight excluding hydrogens is 286 g/mol. The van der Waals surface area contributed by atoms with Crippen LogP contribution in [0.15, 0.2) is 41.3 Å². The summed E-state index contributed by atoms with van der Waals surface area (Å²) in [7, 11) is -4.08. The highest BCUT2D eigenvalue weighted by molar-refractivity contribution is 7.92. The van der Waals surface area contributed by atoms with Gasteiger partial charge < -0.3 is 5.73 Å². The number of hydrogen-bond donors (Lipinski definition) is 2. The molecule has 106 valence electrons. The van der Waals surface area contributed by atoms with Gasteiger partial charge in [-0.15, -0.1) is 0 Å². The van der Waals surface area contributed by atoms with Crippen molar-refractivity contribution in [1.82, 2.24) is 0 Å². The van der Waals surface area contributed by atoms with Crippen LogP contribution in [-0.2, 0) is 10.0 Å². The van der Waals surface area contributed by atoms with Gasteiger partial charge in [-0.2, -0.15) is 0 Å². The largest absolute Gasteiger partial charge is 0.398 e. The van der Waals surface area contributed by atoms with Gasteiger partial charge in [0.05, 0.1) is 10.6 Å². The average Bonchev–Trinajstić information content (AvgIpc) is 2.33. The predicted octanol–water partition coefficient (Wildman–Crippen LogP) is 2.66. The van der Waals surface area contributed by atoms with Crippen LogP contribution in [0.5, 0.6) is 0 Å². The lowest BCUT2D eigenvalue weighted by atomic mass is 10.2. The minimum atomic E-state index is -4.08. The van der Waals surface area contributed by atoms with Gasteiger partial charge in [0.1, 0.15) is 11.6 Å². The first-order valence-corrected chi connectivity index (χ1v) is 7.12. The summed E-state index contributed by atoms with van der Waals surface area (Å²) < 4.78 is 52.6. The average molecular weight is 298 g/mol. The van der Waals surface area contributed by atoms with Crippen LogP contribution >= 0.6 is 0 Å². The number of benzene rings is 2. The van der Waals surface area contributed by atoms with E-state index in [1.807, 2.05) is 0 Å². The zero-order valence-corrected chi connectivity index (χ0v) is 11.3. The highest BCUT2D eigenvalue weighted by Gasteiger charge is 2.17. The normalized spacial score (nSPS) is 11.3. The fourth-order valence-corrected chi connectivity index (χ4v) is 2.82. The SMILES string of the molecule is Cc1c(N)cccc1NS(=O)(=O)c1cc(F)cc(F)c1. The lowest BCUT2D eigenvalue weighted by molar-refractivity contribution is 0.568. The Labute approximate surface area is 115 Å². The second kappa shape index (κ2) is 5.09. The fraction of sp³-hybridized carbons (Fsp3) is 0.0769. The molecule has 0 amide bonds. The molecule has 20 heavy (non-hydrogen) atoms. The minimum Gasteiger partial charge on any atom is -0.398 e.